The van der Waals surface area contributed by atoms with Gasteiger partial charge in [-0.3, -0.25) is 4.98 Å². The Morgan fingerprint density at radius 3 is 2.89 bits per heavy atom. The number of anilines is 1. The zero-order chi connectivity index (χ0) is 19.9. The molecule has 1 aliphatic heterocycles. The minimum absolute atomic E-state index is 0.196. The van der Waals surface area contributed by atoms with E-state index < -0.39 is 17.6 Å². The van der Waals surface area contributed by atoms with Gasteiger partial charge in [-0.25, -0.2) is 18.6 Å². The van der Waals surface area contributed by atoms with Gasteiger partial charge in [0.2, 0.25) is 0 Å². The van der Waals surface area contributed by atoms with Crippen molar-refractivity contribution < 1.29 is 18.7 Å². The van der Waals surface area contributed by atoms with E-state index in [1.807, 2.05) is 0 Å². The minimum Gasteiger partial charge on any atom is -0.478 e. The number of rotatable bonds is 7. The number of nitrogens with zero attached hydrogens (tertiary/aromatic N) is 3. The fraction of sp³-hybridized carbons (Fsp3) is 0.350. The fourth-order valence-corrected chi connectivity index (χ4v) is 3.24. The number of carboxylic acid groups (broad SMARTS) is 1. The molecule has 1 aliphatic rings. The fourth-order valence-electron chi connectivity index (χ4n) is 3.24. The predicted molar refractivity (Wildman–Crippen MR) is 102 cm³/mol. The number of carboxylic acids is 1. The lowest BCUT2D eigenvalue weighted by Gasteiger charge is -2.33. The third-order valence-electron chi connectivity index (χ3n) is 4.64. The third kappa shape index (κ3) is 5.82. The van der Waals surface area contributed by atoms with E-state index in [9.17, 15) is 13.6 Å². The average molecular weight is 388 g/mol. The van der Waals surface area contributed by atoms with Gasteiger partial charge in [0.05, 0.1) is 18.1 Å². The highest BCUT2D eigenvalue weighted by molar-refractivity contribution is 5.84. The molecule has 0 aliphatic carbocycles. The predicted octanol–water partition coefficient (Wildman–Crippen LogP) is 2.97. The van der Waals surface area contributed by atoms with Gasteiger partial charge in [-0.15, -0.1) is 0 Å². The van der Waals surface area contributed by atoms with Crippen LogP contribution < -0.4 is 5.32 Å². The van der Waals surface area contributed by atoms with Crippen molar-refractivity contribution in [2.75, 3.05) is 25.0 Å². The van der Waals surface area contributed by atoms with E-state index in [4.69, 9.17) is 5.11 Å². The van der Waals surface area contributed by atoms with Crippen molar-refractivity contribution in [2.24, 2.45) is 0 Å². The molecule has 0 unspecified atom stereocenters. The molecule has 2 heterocycles. The maximum atomic E-state index is 13.8. The maximum Gasteiger partial charge on any atom is 0.328 e. The van der Waals surface area contributed by atoms with Crippen molar-refractivity contribution in [2.45, 2.75) is 25.3 Å². The van der Waals surface area contributed by atoms with Crippen LogP contribution in [-0.4, -0.2) is 51.6 Å². The van der Waals surface area contributed by atoms with Crippen molar-refractivity contribution in [3.63, 3.8) is 0 Å². The van der Waals surface area contributed by atoms with E-state index >= 15 is 0 Å². The molecule has 0 spiro atoms. The molecule has 2 aromatic rings. The Morgan fingerprint density at radius 2 is 2.18 bits per heavy atom. The number of aliphatic carboxylic acids is 1. The van der Waals surface area contributed by atoms with Gasteiger partial charge in [0.25, 0.3) is 0 Å². The van der Waals surface area contributed by atoms with Crippen LogP contribution in [0.5, 0.6) is 0 Å². The summed E-state index contributed by atoms with van der Waals surface area (Å²) in [7, 11) is 0. The number of halogens is 2. The Kier molecular flexibility index (Phi) is 6.65. The Bertz CT molecular complexity index is 843. The molecule has 0 radical (unpaired) electrons. The van der Waals surface area contributed by atoms with Crippen LogP contribution in [0.3, 0.4) is 0 Å². The lowest BCUT2D eigenvalue weighted by Crippen LogP contribution is -2.43. The van der Waals surface area contributed by atoms with Gasteiger partial charge in [-0.05, 0) is 43.5 Å². The number of nitrogens with one attached hydrogen (secondary N) is 1. The van der Waals surface area contributed by atoms with E-state index in [1.54, 1.807) is 6.20 Å². The summed E-state index contributed by atoms with van der Waals surface area (Å²) in [6, 6.07) is 3.90. The molecule has 1 atom stereocenters. The van der Waals surface area contributed by atoms with Gasteiger partial charge in [0.1, 0.15) is 17.5 Å². The second-order valence-corrected chi connectivity index (χ2v) is 6.77. The zero-order valence-electron chi connectivity index (χ0n) is 15.3. The van der Waals surface area contributed by atoms with Crippen LogP contribution in [0, 0.1) is 11.6 Å². The summed E-state index contributed by atoms with van der Waals surface area (Å²) in [5, 5.41) is 12.0. The molecule has 2 N–H and O–H groups in total. The maximum absolute atomic E-state index is 13.8. The molecule has 0 saturated carbocycles. The largest absolute Gasteiger partial charge is 0.478 e. The van der Waals surface area contributed by atoms with Crippen LogP contribution in [0.2, 0.25) is 0 Å². The van der Waals surface area contributed by atoms with Crippen molar-refractivity contribution in [3.8, 4) is 0 Å². The zero-order valence-corrected chi connectivity index (χ0v) is 15.3. The normalized spacial score (nSPS) is 17.7. The van der Waals surface area contributed by atoms with Gasteiger partial charge in [0.15, 0.2) is 0 Å². The van der Waals surface area contributed by atoms with Crippen LogP contribution in [-0.2, 0) is 11.2 Å². The van der Waals surface area contributed by atoms with Gasteiger partial charge in [-0.2, -0.15) is 0 Å². The van der Waals surface area contributed by atoms with Crippen molar-refractivity contribution in [3.05, 3.63) is 59.6 Å². The molecule has 148 valence electrons. The van der Waals surface area contributed by atoms with Crippen LogP contribution in [0.4, 0.5) is 14.6 Å². The standard InChI is InChI=1S/C20H22F2N4O2/c21-15-4-3-14(18(22)10-15)7-9-26-8-1-2-17(13-26)25-19-12-23-16(11-24-19)5-6-20(27)28/h3-6,10-12,17H,1-2,7-9,13H2,(H,24,25)(H,27,28)/b6-5+/t17-/m1/s1. The number of carbonyl (C=O) groups is 1. The lowest BCUT2D eigenvalue weighted by molar-refractivity contribution is -0.131. The Hall–Kier alpha value is -2.87. The number of piperidine rings is 1. The van der Waals surface area contributed by atoms with E-state index in [0.29, 0.717) is 30.0 Å². The highest BCUT2D eigenvalue weighted by Crippen LogP contribution is 2.16. The molecular weight excluding hydrogens is 366 g/mol. The molecule has 1 saturated heterocycles. The van der Waals surface area contributed by atoms with E-state index in [2.05, 4.69) is 20.2 Å². The quantitative estimate of drug-likeness (QED) is 0.710. The molecule has 0 bridgehead atoms. The lowest BCUT2D eigenvalue weighted by atomic mass is 10.0. The minimum atomic E-state index is -1.04. The summed E-state index contributed by atoms with van der Waals surface area (Å²) in [5.41, 5.74) is 0.992. The first kappa shape index (κ1) is 19.9. The molecule has 8 heteroatoms. The number of aromatic nitrogens is 2. The summed E-state index contributed by atoms with van der Waals surface area (Å²) >= 11 is 0. The smallest absolute Gasteiger partial charge is 0.328 e. The summed E-state index contributed by atoms with van der Waals surface area (Å²) in [6.45, 7) is 2.43. The summed E-state index contributed by atoms with van der Waals surface area (Å²) in [5.74, 6) is -1.47. The Labute approximate surface area is 161 Å². The molecule has 3 rings (SSSR count). The number of benzene rings is 1. The SMILES string of the molecule is O=C(O)/C=C/c1cnc(N[C@@H]2CCCN(CCc3ccc(F)cc3F)C2)cn1. The van der Waals surface area contributed by atoms with Crippen molar-refractivity contribution in [1.82, 2.24) is 14.9 Å². The Morgan fingerprint density at radius 1 is 1.32 bits per heavy atom. The van der Waals surface area contributed by atoms with Crippen LogP contribution in [0.15, 0.2) is 36.7 Å². The van der Waals surface area contributed by atoms with Crippen LogP contribution in [0.25, 0.3) is 6.08 Å². The molecular formula is C20H22F2N4O2. The highest BCUT2D eigenvalue weighted by atomic mass is 19.1. The van der Waals surface area contributed by atoms with Gasteiger partial charge < -0.3 is 15.3 Å². The highest BCUT2D eigenvalue weighted by Gasteiger charge is 2.20. The summed E-state index contributed by atoms with van der Waals surface area (Å²) in [4.78, 5) is 21.2. The Balaban J connectivity index is 1.51. The topological polar surface area (TPSA) is 78.3 Å². The molecule has 0 amide bonds. The first-order chi connectivity index (χ1) is 13.5. The van der Waals surface area contributed by atoms with Gasteiger partial charge >= 0.3 is 5.97 Å². The molecule has 1 aromatic carbocycles. The van der Waals surface area contributed by atoms with Crippen molar-refractivity contribution >= 4 is 17.9 Å². The second-order valence-electron chi connectivity index (χ2n) is 6.77. The molecule has 1 fully saturated rings. The summed E-state index contributed by atoms with van der Waals surface area (Å²) < 4.78 is 26.8. The van der Waals surface area contributed by atoms with Crippen LogP contribution in [0.1, 0.15) is 24.1 Å². The van der Waals surface area contributed by atoms with E-state index in [0.717, 1.165) is 38.1 Å². The number of hydrogen-bond donors (Lipinski definition) is 2. The average Bonchev–Trinajstić information content (AvgIpc) is 2.67. The third-order valence-corrected chi connectivity index (χ3v) is 4.64. The van der Waals surface area contributed by atoms with Crippen LogP contribution >= 0.6 is 0 Å². The van der Waals surface area contributed by atoms with Gasteiger partial charge in [-0.1, -0.05) is 6.07 Å². The molecule has 6 nitrogen and oxygen atoms in total. The number of hydrogen-bond acceptors (Lipinski definition) is 5. The van der Waals surface area contributed by atoms with Crippen molar-refractivity contribution in [1.29, 1.82) is 0 Å². The van der Waals surface area contributed by atoms with Gasteiger partial charge in [0, 0.05) is 31.3 Å². The summed E-state index contributed by atoms with van der Waals surface area (Å²) in [6.07, 6.45) is 8.02. The second kappa shape index (κ2) is 9.36. The first-order valence-electron chi connectivity index (χ1n) is 9.15. The molecule has 28 heavy (non-hydrogen) atoms. The first-order valence-corrected chi connectivity index (χ1v) is 9.15. The van der Waals surface area contributed by atoms with E-state index in [1.165, 1.54) is 24.4 Å². The number of likely N-dealkylation sites (tertiary alicyclic amines) is 1. The monoisotopic (exact) mass is 388 g/mol. The van der Waals surface area contributed by atoms with E-state index in [-0.39, 0.29) is 6.04 Å². The molecule has 1 aromatic heterocycles.